The normalized spacial score (nSPS) is 27.6. The summed E-state index contributed by atoms with van der Waals surface area (Å²) in [5.74, 6) is 0. The first-order chi connectivity index (χ1) is 4.34. The van der Waals surface area contributed by atoms with Crippen molar-refractivity contribution < 1.29 is 4.74 Å². The molecule has 0 aromatic rings. The maximum absolute atomic E-state index is 5.17. The summed E-state index contributed by atoms with van der Waals surface area (Å²) in [4.78, 5) is 0. The van der Waals surface area contributed by atoms with Crippen LogP contribution in [-0.4, -0.2) is 25.8 Å². The van der Waals surface area contributed by atoms with Crippen molar-refractivity contribution in [3.63, 3.8) is 0 Å². The molecule has 0 spiro atoms. The number of rotatable bonds is 2. The smallest absolute Gasteiger partial charge is 0.0696 e. The quantitative estimate of drug-likeness (QED) is 0.664. The Balaban J connectivity index is 0.000000810. The molecule has 1 rings (SSSR count). The van der Waals surface area contributed by atoms with E-state index in [9.17, 15) is 0 Å². The van der Waals surface area contributed by atoms with Gasteiger partial charge < -0.3 is 10.1 Å². The molecule has 1 aliphatic rings. The fraction of sp³-hybridized carbons (Fsp3) is 1.00. The highest BCUT2D eigenvalue weighted by Crippen LogP contribution is 2.10. The van der Waals surface area contributed by atoms with Crippen molar-refractivity contribution >= 4 is 12.4 Å². The van der Waals surface area contributed by atoms with Gasteiger partial charge in [0.05, 0.1) is 6.10 Å². The third-order valence-electron chi connectivity index (χ3n) is 2.04. The molecule has 1 saturated heterocycles. The van der Waals surface area contributed by atoms with Crippen LogP contribution in [-0.2, 0) is 4.74 Å². The number of nitrogens with one attached hydrogen (secondary N) is 1. The topological polar surface area (TPSA) is 21.3 Å². The maximum Gasteiger partial charge on any atom is 0.0696 e. The summed E-state index contributed by atoms with van der Waals surface area (Å²) < 4.78 is 5.17. The molecule has 1 heterocycles. The van der Waals surface area contributed by atoms with Gasteiger partial charge in [0, 0.05) is 13.2 Å². The second kappa shape index (κ2) is 4.94. The van der Waals surface area contributed by atoms with Crippen molar-refractivity contribution in [3.8, 4) is 0 Å². The standard InChI is InChI=1S/C7H15NO.ClH/c1-6(9-2)7-4-3-5-8-7;/h6-8H,3-5H2,1-2H3;1H. The second-order valence-corrected chi connectivity index (χ2v) is 2.64. The van der Waals surface area contributed by atoms with Crippen molar-refractivity contribution in [3.05, 3.63) is 0 Å². The molecule has 0 saturated carbocycles. The number of ether oxygens (including phenoxy) is 1. The van der Waals surface area contributed by atoms with Gasteiger partial charge in [-0.3, -0.25) is 0 Å². The zero-order chi connectivity index (χ0) is 6.69. The van der Waals surface area contributed by atoms with E-state index in [0.717, 1.165) is 0 Å². The van der Waals surface area contributed by atoms with Gasteiger partial charge in [-0.2, -0.15) is 0 Å². The van der Waals surface area contributed by atoms with E-state index in [0.29, 0.717) is 12.1 Å². The molecule has 62 valence electrons. The van der Waals surface area contributed by atoms with E-state index in [4.69, 9.17) is 4.74 Å². The molecular formula is C7H16ClNO. The zero-order valence-electron chi connectivity index (χ0n) is 6.59. The highest BCUT2D eigenvalue weighted by atomic mass is 35.5. The molecule has 0 aromatic heterocycles. The van der Waals surface area contributed by atoms with Gasteiger partial charge in [0.1, 0.15) is 0 Å². The first-order valence-corrected chi connectivity index (χ1v) is 3.61. The predicted octanol–water partition coefficient (Wildman–Crippen LogP) is 1.20. The highest BCUT2D eigenvalue weighted by Gasteiger charge is 2.19. The van der Waals surface area contributed by atoms with Crippen molar-refractivity contribution in [2.75, 3.05) is 13.7 Å². The van der Waals surface area contributed by atoms with E-state index in [1.165, 1.54) is 19.4 Å². The first kappa shape index (κ1) is 10.2. The lowest BCUT2D eigenvalue weighted by Gasteiger charge is -2.16. The lowest BCUT2D eigenvalue weighted by Crippen LogP contribution is -2.33. The van der Waals surface area contributed by atoms with Crippen molar-refractivity contribution in [2.45, 2.75) is 31.9 Å². The Bertz CT molecular complexity index is 83.7. The van der Waals surface area contributed by atoms with Gasteiger partial charge >= 0.3 is 0 Å². The van der Waals surface area contributed by atoms with E-state index in [-0.39, 0.29) is 12.4 Å². The largest absolute Gasteiger partial charge is 0.380 e. The minimum atomic E-state index is 0. The van der Waals surface area contributed by atoms with Crippen LogP contribution in [0.3, 0.4) is 0 Å². The van der Waals surface area contributed by atoms with Crippen LogP contribution < -0.4 is 5.32 Å². The Morgan fingerprint density at radius 2 is 2.30 bits per heavy atom. The summed E-state index contributed by atoms with van der Waals surface area (Å²) in [6, 6.07) is 0.606. The average Bonchev–Trinajstić information content (AvgIpc) is 2.37. The zero-order valence-corrected chi connectivity index (χ0v) is 7.41. The molecule has 2 unspecified atom stereocenters. The van der Waals surface area contributed by atoms with E-state index in [1.54, 1.807) is 7.11 Å². The molecule has 0 amide bonds. The van der Waals surface area contributed by atoms with Crippen LogP contribution in [0.5, 0.6) is 0 Å². The summed E-state index contributed by atoms with van der Waals surface area (Å²) in [6.07, 6.45) is 2.96. The third kappa shape index (κ3) is 2.45. The molecule has 10 heavy (non-hydrogen) atoms. The Labute approximate surface area is 68.7 Å². The highest BCUT2D eigenvalue weighted by molar-refractivity contribution is 5.85. The van der Waals surface area contributed by atoms with Crippen LogP contribution >= 0.6 is 12.4 Å². The Morgan fingerprint density at radius 3 is 2.70 bits per heavy atom. The SMILES string of the molecule is COC(C)C1CCCN1.Cl. The fourth-order valence-electron chi connectivity index (χ4n) is 1.28. The van der Waals surface area contributed by atoms with Gasteiger partial charge in [0.2, 0.25) is 0 Å². The first-order valence-electron chi connectivity index (χ1n) is 3.61. The van der Waals surface area contributed by atoms with Crippen LogP contribution in [0.2, 0.25) is 0 Å². The molecule has 1 fully saturated rings. The van der Waals surface area contributed by atoms with Crippen LogP contribution in [0.15, 0.2) is 0 Å². The van der Waals surface area contributed by atoms with Crippen LogP contribution in [0, 0.1) is 0 Å². The van der Waals surface area contributed by atoms with E-state index < -0.39 is 0 Å². The van der Waals surface area contributed by atoms with Crippen molar-refractivity contribution in [2.24, 2.45) is 0 Å². The summed E-state index contributed by atoms with van der Waals surface area (Å²) in [5, 5.41) is 3.38. The minimum absolute atomic E-state index is 0. The van der Waals surface area contributed by atoms with Gasteiger partial charge in [0.25, 0.3) is 0 Å². The maximum atomic E-state index is 5.17. The van der Waals surface area contributed by atoms with Gasteiger partial charge in [-0.1, -0.05) is 0 Å². The molecule has 0 aliphatic carbocycles. The lowest BCUT2D eigenvalue weighted by molar-refractivity contribution is 0.0894. The molecule has 0 bridgehead atoms. The number of hydrogen-bond acceptors (Lipinski definition) is 2. The molecule has 1 N–H and O–H groups in total. The number of hydrogen-bond donors (Lipinski definition) is 1. The Hall–Kier alpha value is 0.210. The van der Waals surface area contributed by atoms with Crippen LogP contribution in [0.1, 0.15) is 19.8 Å². The van der Waals surface area contributed by atoms with Crippen molar-refractivity contribution in [1.29, 1.82) is 0 Å². The molecule has 2 atom stereocenters. The third-order valence-corrected chi connectivity index (χ3v) is 2.04. The molecule has 0 aromatic carbocycles. The lowest BCUT2D eigenvalue weighted by atomic mass is 10.1. The summed E-state index contributed by atoms with van der Waals surface area (Å²) >= 11 is 0. The summed E-state index contributed by atoms with van der Waals surface area (Å²) in [5.41, 5.74) is 0. The Kier molecular flexibility index (Phi) is 5.04. The molecular weight excluding hydrogens is 150 g/mol. The average molecular weight is 166 g/mol. The molecule has 2 nitrogen and oxygen atoms in total. The Morgan fingerprint density at radius 1 is 1.60 bits per heavy atom. The number of halogens is 1. The fourth-order valence-corrected chi connectivity index (χ4v) is 1.28. The summed E-state index contributed by atoms with van der Waals surface area (Å²) in [7, 11) is 1.77. The minimum Gasteiger partial charge on any atom is -0.380 e. The second-order valence-electron chi connectivity index (χ2n) is 2.64. The molecule has 0 radical (unpaired) electrons. The molecule has 1 aliphatic heterocycles. The van der Waals surface area contributed by atoms with E-state index in [1.807, 2.05) is 0 Å². The van der Waals surface area contributed by atoms with Crippen molar-refractivity contribution in [1.82, 2.24) is 5.32 Å². The van der Waals surface area contributed by atoms with Crippen LogP contribution in [0.4, 0.5) is 0 Å². The van der Waals surface area contributed by atoms with Crippen LogP contribution in [0.25, 0.3) is 0 Å². The van der Waals surface area contributed by atoms with Gasteiger partial charge in [-0.25, -0.2) is 0 Å². The van der Waals surface area contributed by atoms with Gasteiger partial charge in [0.15, 0.2) is 0 Å². The van der Waals surface area contributed by atoms with Gasteiger partial charge in [-0.15, -0.1) is 12.4 Å². The predicted molar refractivity (Wildman–Crippen MR) is 44.7 cm³/mol. The van der Waals surface area contributed by atoms with E-state index in [2.05, 4.69) is 12.2 Å². The van der Waals surface area contributed by atoms with Gasteiger partial charge in [-0.05, 0) is 26.3 Å². The summed E-state index contributed by atoms with van der Waals surface area (Å²) in [6.45, 7) is 3.28. The monoisotopic (exact) mass is 165 g/mol. The molecule has 3 heteroatoms. The number of methoxy groups -OCH3 is 1. The van der Waals surface area contributed by atoms with E-state index >= 15 is 0 Å².